The van der Waals surface area contributed by atoms with Crippen LogP contribution in [0, 0.1) is 0 Å². The molecular formula is C14H20ClNO2S. The highest BCUT2D eigenvalue weighted by atomic mass is 35.5. The lowest BCUT2D eigenvalue weighted by Crippen LogP contribution is -2.25. The van der Waals surface area contributed by atoms with Gasteiger partial charge in [-0.3, -0.25) is 4.79 Å². The summed E-state index contributed by atoms with van der Waals surface area (Å²) >= 11 is 7.33. The minimum absolute atomic E-state index is 0.0739. The highest BCUT2D eigenvalue weighted by molar-refractivity contribution is 8.00. The first-order chi connectivity index (χ1) is 8.81. The molecular weight excluding hydrogens is 282 g/mol. The molecule has 0 aliphatic carbocycles. The number of halogens is 1. The van der Waals surface area contributed by atoms with Gasteiger partial charge in [-0.2, -0.15) is 0 Å². The van der Waals surface area contributed by atoms with Gasteiger partial charge < -0.3 is 10.5 Å². The third-order valence-electron chi connectivity index (χ3n) is 2.28. The third kappa shape index (κ3) is 6.32. The molecule has 1 aromatic rings. The average Bonchev–Trinajstić information content (AvgIpc) is 2.29. The van der Waals surface area contributed by atoms with Crippen molar-refractivity contribution in [2.45, 2.75) is 31.6 Å². The Kier molecular flexibility index (Phi) is 6.17. The lowest BCUT2D eigenvalue weighted by Gasteiger charge is -2.20. The van der Waals surface area contributed by atoms with Crippen molar-refractivity contribution in [1.29, 1.82) is 0 Å². The second kappa shape index (κ2) is 7.17. The molecule has 5 heteroatoms. The van der Waals surface area contributed by atoms with Crippen LogP contribution < -0.4 is 5.73 Å². The van der Waals surface area contributed by atoms with E-state index in [4.69, 9.17) is 22.1 Å². The number of ether oxygens (including phenoxy) is 1. The highest BCUT2D eigenvalue weighted by Gasteiger charge is 2.18. The molecule has 0 radical (unpaired) electrons. The molecule has 0 aliphatic heterocycles. The summed E-state index contributed by atoms with van der Waals surface area (Å²) in [7, 11) is 0. The Morgan fingerprint density at radius 2 is 1.95 bits per heavy atom. The zero-order valence-electron chi connectivity index (χ0n) is 11.5. The average molecular weight is 302 g/mol. The van der Waals surface area contributed by atoms with E-state index in [0.717, 1.165) is 5.56 Å². The van der Waals surface area contributed by atoms with E-state index in [0.29, 0.717) is 17.3 Å². The first-order valence-electron chi connectivity index (χ1n) is 6.11. The SMILES string of the molecule is CC(C)(C)OC(=O)CSC(CN)c1ccc(Cl)cc1. The van der Waals surface area contributed by atoms with Gasteiger partial charge in [0, 0.05) is 16.8 Å². The summed E-state index contributed by atoms with van der Waals surface area (Å²) in [5.74, 6) is 0.0757. The normalized spacial score (nSPS) is 13.1. The molecule has 0 aromatic heterocycles. The van der Waals surface area contributed by atoms with Crippen LogP contribution in [0.1, 0.15) is 31.6 Å². The molecule has 1 rings (SSSR count). The topological polar surface area (TPSA) is 52.3 Å². The summed E-state index contributed by atoms with van der Waals surface area (Å²) < 4.78 is 5.27. The van der Waals surface area contributed by atoms with Crippen LogP contribution in [0.3, 0.4) is 0 Å². The van der Waals surface area contributed by atoms with E-state index in [1.54, 1.807) is 0 Å². The fourth-order valence-electron chi connectivity index (χ4n) is 1.52. The van der Waals surface area contributed by atoms with Crippen molar-refractivity contribution in [3.63, 3.8) is 0 Å². The molecule has 2 N–H and O–H groups in total. The van der Waals surface area contributed by atoms with Gasteiger partial charge in [0.15, 0.2) is 0 Å². The van der Waals surface area contributed by atoms with Crippen molar-refractivity contribution in [1.82, 2.24) is 0 Å². The van der Waals surface area contributed by atoms with E-state index in [9.17, 15) is 4.79 Å². The molecule has 106 valence electrons. The van der Waals surface area contributed by atoms with Gasteiger partial charge in [0.25, 0.3) is 0 Å². The molecule has 0 amide bonds. The molecule has 1 aromatic carbocycles. The predicted molar refractivity (Wildman–Crippen MR) is 81.6 cm³/mol. The van der Waals surface area contributed by atoms with Crippen molar-refractivity contribution in [3.8, 4) is 0 Å². The van der Waals surface area contributed by atoms with Crippen LogP contribution in [-0.2, 0) is 9.53 Å². The standard InChI is InChI=1S/C14H20ClNO2S/c1-14(2,3)18-13(17)9-19-12(8-16)10-4-6-11(15)7-5-10/h4-7,12H,8-9,16H2,1-3H3. The van der Waals surface area contributed by atoms with Gasteiger partial charge in [-0.15, -0.1) is 11.8 Å². The van der Waals surface area contributed by atoms with Gasteiger partial charge in [0.05, 0.1) is 5.75 Å². The Balaban J connectivity index is 2.54. The van der Waals surface area contributed by atoms with Crippen LogP contribution in [0.4, 0.5) is 0 Å². The Hall–Kier alpha value is -0.710. The fraction of sp³-hybridized carbons (Fsp3) is 0.500. The molecule has 0 saturated carbocycles. The number of nitrogens with two attached hydrogens (primary N) is 1. The Morgan fingerprint density at radius 3 is 2.42 bits per heavy atom. The maximum Gasteiger partial charge on any atom is 0.316 e. The van der Waals surface area contributed by atoms with Gasteiger partial charge in [-0.1, -0.05) is 23.7 Å². The summed E-state index contributed by atoms with van der Waals surface area (Å²) in [6, 6.07) is 7.52. The molecule has 1 unspecified atom stereocenters. The van der Waals surface area contributed by atoms with Crippen LogP contribution in [0.5, 0.6) is 0 Å². The Morgan fingerprint density at radius 1 is 1.37 bits per heavy atom. The van der Waals surface area contributed by atoms with Crippen LogP contribution in [0.25, 0.3) is 0 Å². The second-order valence-corrected chi connectivity index (χ2v) is 6.80. The summed E-state index contributed by atoms with van der Waals surface area (Å²) in [5, 5.41) is 0.765. The molecule has 0 bridgehead atoms. The monoisotopic (exact) mass is 301 g/mol. The first kappa shape index (κ1) is 16.3. The van der Waals surface area contributed by atoms with Crippen LogP contribution in [0.15, 0.2) is 24.3 Å². The maximum absolute atomic E-state index is 11.7. The lowest BCUT2D eigenvalue weighted by molar-refractivity contribution is -0.151. The van der Waals surface area contributed by atoms with E-state index < -0.39 is 5.60 Å². The Bertz CT molecular complexity index is 414. The summed E-state index contributed by atoms with van der Waals surface area (Å²) in [6.07, 6.45) is 0. The second-order valence-electron chi connectivity index (χ2n) is 5.17. The number of thioether (sulfide) groups is 1. The minimum Gasteiger partial charge on any atom is -0.459 e. The number of hydrogen-bond donors (Lipinski definition) is 1. The minimum atomic E-state index is -0.448. The van der Waals surface area contributed by atoms with E-state index in [2.05, 4.69) is 0 Å². The maximum atomic E-state index is 11.7. The zero-order chi connectivity index (χ0) is 14.5. The van der Waals surface area contributed by atoms with E-state index in [1.165, 1.54) is 11.8 Å². The van der Waals surface area contributed by atoms with Crippen LogP contribution in [-0.4, -0.2) is 23.9 Å². The van der Waals surface area contributed by atoms with Crippen molar-refractivity contribution in [2.75, 3.05) is 12.3 Å². The molecule has 0 aliphatic rings. The molecule has 0 saturated heterocycles. The quantitative estimate of drug-likeness (QED) is 0.847. The number of esters is 1. The molecule has 3 nitrogen and oxygen atoms in total. The number of carbonyl (C=O) groups is 1. The van der Waals surface area contributed by atoms with Crippen molar-refractivity contribution >= 4 is 29.3 Å². The Labute approximate surface area is 123 Å². The van der Waals surface area contributed by atoms with Gasteiger partial charge >= 0.3 is 5.97 Å². The highest BCUT2D eigenvalue weighted by Crippen LogP contribution is 2.29. The predicted octanol–water partition coefficient (Wildman–Crippen LogP) is 3.41. The third-order valence-corrected chi connectivity index (χ3v) is 3.80. The number of hydrogen-bond acceptors (Lipinski definition) is 4. The van der Waals surface area contributed by atoms with E-state index in [-0.39, 0.29) is 11.2 Å². The molecule has 0 spiro atoms. The van der Waals surface area contributed by atoms with Crippen LogP contribution in [0.2, 0.25) is 5.02 Å². The number of carbonyl (C=O) groups excluding carboxylic acids is 1. The smallest absolute Gasteiger partial charge is 0.316 e. The first-order valence-corrected chi connectivity index (χ1v) is 7.53. The van der Waals surface area contributed by atoms with E-state index in [1.807, 2.05) is 45.0 Å². The van der Waals surface area contributed by atoms with Crippen molar-refractivity contribution in [2.24, 2.45) is 5.73 Å². The van der Waals surface area contributed by atoms with Crippen molar-refractivity contribution < 1.29 is 9.53 Å². The summed E-state index contributed by atoms with van der Waals surface area (Å²) in [5.41, 5.74) is 6.37. The number of rotatable bonds is 5. The van der Waals surface area contributed by atoms with Gasteiger partial charge in [-0.05, 0) is 38.5 Å². The number of benzene rings is 1. The zero-order valence-corrected chi connectivity index (χ0v) is 13.1. The largest absolute Gasteiger partial charge is 0.459 e. The van der Waals surface area contributed by atoms with Gasteiger partial charge in [-0.25, -0.2) is 0 Å². The summed E-state index contributed by atoms with van der Waals surface area (Å²) in [4.78, 5) is 11.7. The van der Waals surface area contributed by atoms with E-state index >= 15 is 0 Å². The van der Waals surface area contributed by atoms with Crippen LogP contribution >= 0.6 is 23.4 Å². The van der Waals surface area contributed by atoms with Gasteiger partial charge in [0.1, 0.15) is 5.60 Å². The molecule has 19 heavy (non-hydrogen) atoms. The lowest BCUT2D eigenvalue weighted by atomic mass is 10.1. The molecule has 0 fully saturated rings. The van der Waals surface area contributed by atoms with Crippen molar-refractivity contribution in [3.05, 3.63) is 34.9 Å². The van der Waals surface area contributed by atoms with Gasteiger partial charge in [0.2, 0.25) is 0 Å². The molecule has 0 heterocycles. The fourth-order valence-corrected chi connectivity index (χ4v) is 2.53. The summed E-state index contributed by atoms with van der Waals surface area (Å²) in [6.45, 7) is 6.04. The molecule has 1 atom stereocenters.